The van der Waals surface area contributed by atoms with Crippen molar-refractivity contribution in [3.05, 3.63) is 143 Å². The molecule has 0 bridgehead atoms. The van der Waals surface area contributed by atoms with Gasteiger partial charge in [-0.1, -0.05) is 74.9 Å². The molecule has 0 amide bonds. The van der Waals surface area contributed by atoms with Gasteiger partial charge in [0.2, 0.25) is 0 Å². The van der Waals surface area contributed by atoms with Gasteiger partial charge in [0.25, 0.3) is 0 Å². The maximum Gasteiger partial charge on any atom is 0.0192 e. The number of rotatable bonds is 6. The molecule has 0 aliphatic rings. The van der Waals surface area contributed by atoms with Crippen LogP contribution in [0.4, 0.5) is 0 Å². The van der Waals surface area contributed by atoms with Crippen LogP contribution < -0.4 is 0 Å². The molecule has 0 atom stereocenters. The normalized spacial score (nSPS) is 10.3. The van der Waals surface area contributed by atoms with E-state index in [0.717, 1.165) is 35.4 Å². The third-order valence-electron chi connectivity index (χ3n) is 6.14. The molecule has 0 aliphatic carbocycles. The summed E-state index contributed by atoms with van der Waals surface area (Å²) in [6.45, 7) is 8.70. The van der Waals surface area contributed by atoms with Crippen LogP contribution in [0.2, 0.25) is 0 Å². The smallest absolute Gasteiger partial charge is 0.0192 e. The van der Waals surface area contributed by atoms with Crippen molar-refractivity contribution in [1.82, 2.24) is 9.97 Å². The molecule has 3 aromatic carbocycles. The Hall–Kier alpha value is -3.39. The second kappa shape index (κ2) is 14.5. The van der Waals surface area contributed by atoms with Gasteiger partial charge in [-0.15, -0.1) is 70.8 Å². The molecule has 2 nitrogen and oxygen atoms in total. The zero-order valence-corrected chi connectivity index (χ0v) is 24.9. The fourth-order valence-electron chi connectivity index (χ4n) is 4.16. The fourth-order valence-corrected chi connectivity index (χ4v) is 4.16. The molecule has 0 fully saturated rings. The van der Waals surface area contributed by atoms with Gasteiger partial charge >= 0.3 is 0 Å². The van der Waals surface area contributed by atoms with Crippen molar-refractivity contribution in [2.45, 2.75) is 40.5 Å². The maximum absolute atomic E-state index is 4.51. The van der Waals surface area contributed by atoms with Crippen molar-refractivity contribution in [2.24, 2.45) is 5.92 Å². The van der Waals surface area contributed by atoms with Crippen molar-refractivity contribution >= 4 is 0 Å². The third kappa shape index (κ3) is 8.58. The summed E-state index contributed by atoms with van der Waals surface area (Å²) in [6, 6.07) is 37.6. The number of nitrogens with zero attached hydrogens (tertiary/aromatic N) is 2. The van der Waals surface area contributed by atoms with E-state index in [1.807, 2.05) is 48.8 Å². The Labute approximate surface area is 241 Å². The Kier molecular flexibility index (Phi) is 11.1. The molecule has 0 unspecified atom stereocenters. The summed E-state index contributed by atoms with van der Waals surface area (Å²) in [5.74, 6) is 0.668. The quantitative estimate of drug-likeness (QED) is 0.169. The molecule has 0 aliphatic heterocycles. The second-order valence-electron chi connectivity index (χ2n) is 9.86. The summed E-state index contributed by atoms with van der Waals surface area (Å²) in [7, 11) is 0. The molecule has 1 radical (unpaired) electrons. The van der Waals surface area contributed by atoms with E-state index in [1.54, 1.807) is 0 Å². The van der Waals surface area contributed by atoms with Gasteiger partial charge in [-0.3, -0.25) is 0 Å². The van der Waals surface area contributed by atoms with E-state index < -0.39 is 0 Å². The SMILES string of the molecule is Cc1c[c-]c(-c2cc(CC(C)C)c(C)cn2)cc1.[Ir].[c-]1ccc(Cc2ccccc2)cc1-c1ccccn1. The first kappa shape index (κ1) is 29.2. The van der Waals surface area contributed by atoms with Crippen LogP contribution in [-0.4, -0.2) is 9.97 Å². The average molecular weight is 675 g/mol. The molecule has 2 aromatic heterocycles. The Morgan fingerprint density at radius 2 is 1.53 bits per heavy atom. The summed E-state index contributed by atoms with van der Waals surface area (Å²) in [6.07, 6.45) is 5.83. The summed E-state index contributed by atoms with van der Waals surface area (Å²) in [5.41, 5.74) is 10.6. The molecular formula is C35H34IrN2-2. The van der Waals surface area contributed by atoms with Gasteiger partial charge in [0.05, 0.1) is 0 Å². The molecule has 5 aromatic rings. The molecule has 2 heterocycles. The van der Waals surface area contributed by atoms with Crippen molar-refractivity contribution in [3.8, 4) is 22.5 Å². The minimum Gasteiger partial charge on any atom is -0.305 e. The van der Waals surface area contributed by atoms with E-state index in [9.17, 15) is 0 Å². The zero-order valence-electron chi connectivity index (χ0n) is 22.5. The van der Waals surface area contributed by atoms with Gasteiger partial charge in [0.15, 0.2) is 0 Å². The second-order valence-corrected chi connectivity index (χ2v) is 9.86. The maximum atomic E-state index is 4.51. The zero-order chi connectivity index (χ0) is 26.0. The van der Waals surface area contributed by atoms with Gasteiger partial charge in [0, 0.05) is 32.5 Å². The van der Waals surface area contributed by atoms with E-state index >= 15 is 0 Å². The van der Waals surface area contributed by atoms with Crippen LogP contribution in [0.15, 0.2) is 103 Å². The number of aromatic nitrogens is 2. The molecule has 5 rings (SSSR count). The Bertz CT molecular complexity index is 1400. The monoisotopic (exact) mass is 675 g/mol. The van der Waals surface area contributed by atoms with Crippen molar-refractivity contribution in [1.29, 1.82) is 0 Å². The van der Waals surface area contributed by atoms with Gasteiger partial charge in [-0.2, -0.15) is 0 Å². The van der Waals surface area contributed by atoms with Gasteiger partial charge in [0.1, 0.15) is 0 Å². The minimum absolute atomic E-state index is 0. The predicted octanol–water partition coefficient (Wildman–Crippen LogP) is 8.50. The van der Waals surface area contributed by atoms with E-state index in [1.165, 1.54) is 27.8 Å². The molecule has 0 N–H and O–H groups in total. The van der Waals surface area contributed by atoms with E-state index in [-0.39, 0.29) is 20.1 Å². The number of aryl methyl sites for hydroxylation is 2. The Morgan fingerprint density at radius 3 is 2.21 bits per heavy atom. The standard InChI is InChI=1S/C18H14N.C17H20N.Ir/c1-2-7-15(8-3-1)13-16-9-6-10-17(14-16)18-11-4-5-12-19-18;1-12(2)9-16-10-17(18-11-14(16)4)15-7-5-13(3)6-8-15;/h1-9,11-12,14H,13H2;5-7,10-12H,9H2,1-4H3;/q2*-1;. The van der Waals surface area contributed by atoms with E-state index in [2.05, 4.69) is 104 Å². The molecule has 3 heteroatoms. The van der Waals surface area contributed by atoms with Crippen molar-refractivity contribution < 1.29 is 20.1 Å². The van der Waals surface area contributed by atoms with E-state index in [0.29, 0.717) is 5.92 Å². The largest absolute Gasteiger partial charge is 0.305 e. The van der Waals surface area contributed by atoms with Crippen molar-refractivity contribution in [3.63, 3.8) is 0 Å². The fraction of sp³-hybridized carbons (Fsp3) is 0.200. The van der Waals surface area contributed by atoms with Gasteiger partial charge in [-0.25, -0.2) is 0 Å². The van der Waals surface area contributed by atoms with Crippen molar-refractivity contribution in [2.75, 3.05) is 0 Å². The van der Waals surface area contributed by atoms with Crippen LogP contribution in [0.25, 0.3) is 22.5 Å². The van der Waals surface area contributed by atoms with E-state index in [4.69, 9.17) is 0 Å². The third-order valence-corrected chi connectivity index (χ3v) is 6.14. The van der Waals surface area contributed by atoms with Crippen LogP contribution in [0.5, 0.6) is 0 Å². The van der Waals surface area contributed by atoms with Crippen LogP contribution in [0.1, 0.15) is 41.7 Å². The summed E-state index contributed by atoms with van der Waals surface area (Å²) in [5, 5.41) is 0. The first-order valence-corrected chi connectivity index (χ1v) is 12.9. The summed E-state index contributed by atoms with van der Waals surface area (Å²) >= 11 is 0. The average Bonchev–Trinajstić information content (AvgIpc) is 2.92. The number of benzene rings is 3. The van der Waals surface area contributed by atoms with Crippen LogP contribution in [0, 0.1) is 31.9 Å². The van der Waals surface area contributed by atoms with Crippen LogP contribution in [-0.2, 0) is 32.9 Å². The molecular weight excluding hydrogens is 641 g/mol. The molecule has 195 valence electrons. The van der Waals surface area contributed by atoms with Crippen LogP contribution >= 0.6 is 0 Å². The number of hydrogen-bond acceptors (Lipinski definition) is 2. The van der Waals surface area contributed by atoms with Gasteiger partial charge in [-0.05, 0) is 54.3 Å². The van der Waals surface area contributed by atoms with Gasteiger partial charge < -0.3 is 9.97 Å². The Balaban J connectivity index is 0.000000206. The molecule has 38 heavy (non-hydrogen) atoms. The van der Waals surface area contributed by atoms with Crippen LogP contribution in [0.3, 0.4) is 0 Å². The number of hydrogen-bond donors (Lipinski definition) is 0. The summed E-state index contributed by atoms with van der Waals surface area (Å²) < 4.78 is 0. The number of pyridine rings is 2. The topological polar surface area (TPSA) is 25.8 Å². The summed E-state index contributed by atoms with van der Waals surface area (Å²) in [4.78, 5) is 8.88. The molecule has 0 saturated carbocycles. The minimum atomic E-state index is 0. The first-order chi connectivity index (χ1) is 18.0. The predicted molar refractivity (Wildman–Crippen MR) is 154 cm³/mol. The first-order valence-electron chi connectivity index (χ1n) is 12.9. The molecule has 0 spiro atoms. The Morgan fingerprint density at radius 1 is 0.737 bits per heavy atom. The molecule has 0 saturated heterocycles.